The minimum Gasteiger partial charge on any atom is -0.462 e. The average molecular weight is 471 g/mol. The SMILES string of the molecule is CC(C)(C)c1ccc(C(=O)OCCCSCCCOC(=O)c2ccc(C(C)(C)C)cc2)cc1. The van der Waals surface area contributed by atoms with Crippen LogP contribution >= 0.6 is 11.8 Å². The van der Waals surface area contributed by atoms with Crippen LogP contribution in [0.5, 0.6) is 0 Å². The Kier molecular flexibility index (Phi) is 10.0. The molecule has 0 aromatic heterocycles. The van der Waals surface area contributed by atoms with E-state index in [1.165, 1.54) is 11.1 Å². The Morgan fingerprint density at radius 2 is 0.970 bits per heavy atom. The van der Waals surface area contributed by atoms with Crippen LogP contribution in [0.3, 0.4) is 0 Å². The predicted octanol–water partition coefficient (Wildman–Crippen LogP) is 6.81. The Balaban J connectivity index is 1.54. The number of ether oxygens (including phenoxy) is 2. The molecule has 0 unspecified atom stereocenters. The van der Waals surface area contributed by atoms with Crippen molar-refractivity contribution >= 4 is 23.7 Å². The number of hydrogen-bond donors (Lipinski definition) is 0. The van der Waals surface area contributed by atoms with Gasteiger partial charge in [0.1, 0.15) is 0 Å². The number of thioether (sulfide) groups is 1. The minimum atomic E-state index is -0.275. The van der Waals surface area contributed by atoms with Gasteiger partial charge in [0.05, 0.1) is 24.3 Å². The maximum atomic E-state index is 12.2. The second-order valence-corrected chi connectivity index (χ2v) is 11.5. The van der Waals surface area contributed by atoms with E-state index in [0.29, 0.717) is 24.3 Å². The van der Waals surface area contributed by atoms with E-state index in [9.17, 15) is 9.59 Å². The maximum absolute atomic E-state index is 12.2. The zero-order valence-electron chi connectivity index (χ0n) is 20.9. The highest BCUT2D eigenvalue weighted by Gasteiger charge is 2.16. The van der Waals surface area contributed by atoms with Crippen LogP contribution in [0.4, 0.5) is 0 Å². The van der Waals surface area contributed by atoms with Crippen molar-refractivity contribution in [1.82, 2.24) is 0 Å². The first-order valence-electron chi connectivity index (χ1n) is 11.6. The summed E-state index contributed by atoms with van der Waals surface area (Å²) >= 11 is 1.77. The van der Waals surface area contributed by atoms with Crippen LogP contribution in [-0.4, -0.2) is 36.7 Å². The molecule has 2 aromatic carbocycles. The largest absolute Gasteiger partial charge is 0.462 e. The molecule has 2 aromatic rings. The number of esters is 2. The third-order valence-electron chi connectivity index (χ3n) is 5.31. The smallest absolute Gasteiger partial charge is 0.338 e. The number of hydrogen-bond acceptors (Lipinski definition) is 5. The molecule has 0 saturated heterocycles. The van der Waals surface area contributed by atoms with Gasteiger partial charge in [-0.25, -0.2) is 9.59 Å². The second-order valence-electron chi connectivity index (χ2n) is 10.2. The first kappa shape index (κ1) is 27.0. The Labute approximate surface area is 203 Å². The van der Waals surface area contributed by atoms with E-state index in [-0.39, 0.29) is 22.8 Å². The molecule has 0 amide bonds. The van der Waals surface area contributed by atoms with Gasteiger partial charge in [-0.2, -0.15) is 11.8 Å². The Morgan fingerprint density at radius 1 is 0.636 bits per heavy atom. The van der Waals surface area contributed by atoms with Gasteiger partial charge in [0.25, 0.3) is 0 Å². The molecule has 0 radical (unpaired) electrons. The Morgan fingerprint density at radius 3 is 1.27 bits per heavy atom. The van der Waals surface area contributed by atoms with Crippen molar-refractivity contribution in [1.29, 1.82) is 0 Å². The Hall–Kier alpha value is -2.27. The molecule has 0 fully saturated rings. The van der Waals surface area contributed by atoms with E-state index in [1.807, 2.05) is 48.5 Å². The van der Waals surface area contributed by atoms with Gasteiger partial charge >= 0.3 is 11.9 Å². The molecule has 33 heavy (non-hydrogen) atoms. The standard InChI is InChI=1S/C28H38O4S/c1-27(2,3)23-13-9-21(10-14-23)25(29)31-17-7-19-33-20-8-18-32-26(30)22-11-15-24(16-12-22)28(4,5)6/h9-16H,7-8,17-20H2,1-6H3. The van der Waals surface area contributed by atoms with E-state index in [1.54, 1.807) is 11.8 Å². The topological polar surface area (TPSA) is 52.6 Å². The second kappa shape index (κ2) is 12.3. The highest BCUT2D eigenvalue weighted by Crippen LogP contribution is 2.23. The molecule has 0 aliphatic rings. The van der Waals surface area contributed by atoms with Crippen LogP contribution in [0.25, 0.3) is 0 Å². The van der Waals surface area contributed by atoms with Gasteiger partial charge in [0.15, 0.2) is 0 Å². The van der Waals surface area contributed by atoms with Crippen molar-refractivity contribution in [2.75, 3.05) is 24.7 Å². The number of benzene rings is 2. The molecular weight excluding hydrogens is 432 g/mol. The van der Waals surface area contributed by atoms with Crippen LogP contribution in [0.1, 0.15) is 86.2 Å². The summed E-state index contributed by atoms with van der Waals surface area (Å²) in [6.07, 6.45) is 1.60. The molecule has 0 aliphatic carbocycles. The van der Waals surface area contributed by atoms with E-state index in [4.69, 9.17) is 9.47 Å². The van der Waals surface area contributed by atoms with Crippen LogP contribution < -0.4 is 0 Å². The van der Waals surface area contributed by atoms with Gasteiger partial charge in [-0.3, -0.25) is 0 Å². The molecule has 0 spiro atoms. The molecule has 5 heteroatoms. The first-order valence-corrected chi connectivity index (χ1v) is 12.8. The maximum Gasteiger partial charge on any atom is 0.338 e. The molecule has 0 bridgehead atoms. The summed E-state index contributed by atoms with van der Waals surface area (Å²) in [5, 5.41) is 0. The van der Waals surface area contributed by atoms with E-state index in [0.717, 1.165) is 24.3 Å². The third kappa shape index (κ3) is 9.24. The van der Waals surface area contributed by atoms with E-state index >= 15 is 0 Å². The molecule has 2 rings (SSSR count). The van der Waals surface area contributed by atoms with Gasteiger partial charge < -0.3 is 9.47 Å². The molecule has 0 atom stereocenters. The molecule has 0 N–H and O–H groups in total. The zero-order valence-corrected chi connectivity index (χ0v) is 21.7. The van der Waals surface area contributed by atoms with Crippen molar-refractivity contribution in [3.8, 4) is 0 Å². The van der Waals surface area contributed by atoms with Crippen molar-refractivity contribution in [2.24, 2.45) is 0 Å². The molecular formula is C28H38O4S. The number of rotatable bonds is 10. The lowest BCUT2D eigenvalue weighted by atomic mass is 9.87. The minimum absolute atomic E-state index is 0.0652. The quantitative estimate of drug-likeness (QED) is 0.282. The van der Waals surface area contributed by atoms with Crippen LogP contribution in [-0.2, 0) is 20.3 Å². The lowest BCUT2D eigenvalue weighted by molar-refractivity contribution is 0.0498. The van der Waals surface area contributed by atoms with Gasteiger partial charge in [-0.15, -0.1) is 0 Å². The number of carbonyl (C=O) groups is 2. The number of carbonyl (C=O) groups excluding carboxylic acids is 2. The van der Waals surface area contributed by atoms with Gasteiger partial charge in [0.2, 0.25) is 0 Å². The van der Waals surface area contributed by atoms with Crippen molar-refractivity contribution < 1.29 is 19.1 Å². The zero-order chi connectivity index (χ0) is 24.5. The fraction of sp³-hybridized carbons (Fsp3) is 0.500. The predicted molar refractivity (Wildman–Crippen MR) is 137 cm³/mol. The first-order chi connectivity index (χ1) is 15.5. The molecule has 0 heterocycles. The third-order valence-corrected chi connectivity index (χ3v) is 6.46. The summed E-state index contributed by atoms with van der Waals surface area (Å²) in [6.45, 7) is 13.7. The Bertz CT molecular complexity index is 812. The summed E-state index contributed by atoms with van der Waals surface area (Å²) < 4.78 is 10.7. The van der Waals surface area contributed by atoms with Crippen LogP contribution in [0.2, 0.25) is 0 Å². The van der Waals surface area contributed by atoms with Gasteiger partial charge in [-0.1, -0.05) is 65.8 Å². The summed E-state index contributed by atoms with van der Waals surface area (Å²) in [7, 11) is 0. The van der Waals surface area contributed by atoms with Crippen LogP contribution in [0.15, 0.2) is 48.5 Å². The fourth-order valence-corrected chi connectivity index (χ4v) is 3.98. The van der Waals surface area contributed by atoms with E-state index < -0.39 is 0 Å². The van der Waals surface area contributed by atoms with Crippen LogP contribution in [0, 0.1) is 0 Å². The fourth-order valence-electron chi connectivity index (χ4n) is 3.13. The lowest BCUT2D eigenvalue weighted by Crippen LogP contribution is -2.12. The summed E-state index contributed by atoms with van der Waals surface area (Å²) in [6, 6.07) is 15.3. The van der Waals surface area contributed by atoms with Crippen molar-refractivity contribution in [3.63, 3.8) is 0 Å². The molecule has 180 valence electrons. The molecule has 0 saturated carbocycles. The van der Waals surface area contributed by atoms with Gasteiger partial charge in [0, 0.05) is 0 Å². The lowest BCUT2D eigenvalue weighted by Gasteiger charge is -2.18. The molecule has 0 aliphatic heterocycles. The van der Waals surface area contributed by atoms with Crippen molar-refractivity contribution in [3.05, 3.63) is 70.8 Å². The summed E-state index contributed by atoms with van der Waals surface area (Å²) in [5.74, 6) is 1.25. The van der Waals surface area contributed by atoms with Gasteiger partial charge in [-0.05, 0) is 70.6 Å². The summed E-state index contributed by atoms with van der Waals surface area (Å²) in [5.41, 5.74) is 3.70. The van der Waals surface area contributed by atoms with E-state index in [2.05, 4.69) is 41.5 Å². The highest BCUT2D eigenvalue weighted by molar-refractivity contribution is 7.99. The average Bonchev–Trinajstić information content (AvgIpc) is 2.76. The summed E-state index contributed by atoms with van der Waals surface area (Å²) in [4.78, 5) is 24.3. The highest BCUT2D eigenvalue weighted by atomic mass is 32.2. The molecule has 4 nitrogen and oxygen atoms in total. The van der Waals surface area contributed by atoms with Crippen molar-refractivity contribution in [2.45, 2.75) is 65.2 Å². The normalized spacial score (nSPS) is 11.8. The monoisotopic (exact) mass is 470 g/mol.